The molecule has 0 heterocycles. The van der Waals surface area contributed by atoms with Crippen LogP contribution >= 0.6 is 35.4 Å². The van der Waals surface area contributed by atoms with Crippen LogP contribution in [0.5, 0.6) is 5.75 Å². The number of hydrogen-bond donors (Lipinski definition) is 2. The number of halogens is 2. The minimum absolute atomic E-state index is 0.130. The van der Waals surface area contributed by atoms with Crippen LogP contribution in [0.3, 0.4) is 0 Å². The first-order valence-electron chi connectivity index (χ1n) is 8.15. The number of benzene rings is 2. The van der Waals surface area contributed by atoms with Gasteiger partial charge in [-0.25, -0.2) is 0 Å². The summed E-state index contributed by atoms with van der Waals surface area (Å²) in [5.41, 5.74) is 0.976. The molecule has 7 heteroatoms. The number of thiocarbonyl (C=S) groups is 1. The third-order valence-electron chi connectivity index (χ3n) is 3.46. The van der Waals surface area contributed by atoms with E-state index in [4.69, 9.17) is 40.2 Å². The van der Waals surface area contributed by atoms with E-state index in [2.05, 4.69) is 24.5 Å². The Hall–Kier alpha value is -1.82. The molecule has 26 heavy (non-hydrogen) atoms. The second kappa shape index (κ2) is 9.76. The van der Waals surface area contributed by atoms with Crippen molar-refractivity contribution in [2.45, 2.75) is 20.3 Å². The standard InChI is InChI=1S/C19H20Cl2N2O2S/c1-12(2)8-9-25-15-5-3-4-13(10-15)18(24)23-19(26)22-17-11-14(20)6-7-16(17)21/h3-7,10-12H,8-9H2,1-2H3,(H2,22,23,24,26). The Morgan fingerprint density at radius 2 is 1.96 bits per heavy atom. The fourth-order valence-electron chi connectivity index (χ4n) is 2.06. The molecule has 0 unspecified atom stereocenters. The predicted molar refractivity (Wildman–Crippen MR) is 112 cm³/mol. The first-order valence-corrected chi connectivity index (χ1v) is 9.32. The van der Waals surface area contributed by atoms with Crippen LogP contribution in [0.1, 0.15) is 30.6 Å². The number of rotatable bonds is 6. The molecule has 2 N–H and O–H groups in total. The lowest BCUT2D eigenvalue weighted by atomic mass is 10.1. The maximum Gasteiger partial charge on any atom is 0.257 e. The topological polar surface area (TPSA) is 50.4 Å². The number of nitrogens with one attached hydrogen (secondary N) is 2. The smallest absolute Gasteiger partial charge is 0.257 e. The molecule has 0 atom stereocenters. The van der Waals surface area contributed by atoms with E-state index in [0.717, 1.165) is 6.42 Å². The highest BCUT2D eigenvalue weighted by atomic mass is 35.5. The van der Waals surface area contributed by atoms with Crippen LogP contribution in [-0.4, -0.2) is 17.6 Å². The van der Waals surface area contributed by atoms with Gasteiger partial charge in [-0.3, -0.25) is 10.1 Å². The molecular weight excluding hydrogens is 391 g/mol. The zero-order valence-electron chi connectivity index (χ0n) is 14.5. The highest BCUT2D eigenvalue weighted by molar-refractivity contribution is 7.80. The zero-order valence-corrected chi connectivity index (χ0v) is 16.8. The molecule has 2 aromatic carbocycles. The van der Waals surface area contributed by atoms with Crippen LogP contribution in [0.15, 0.2) is 42.5 Å². The lowest BCUT2D eigenvalue weighted by Crippen LogP contribution is -2.34. The molecule has 2 aromatic rings. The molecule has 0 aromatic heterocycles. The Kier molecular flexibility index (Phi) is 7.69. The summed E-state index contributed by atoms with van der Waals surface area (Å²) in [5.74, 6) is 0.869. The SMILES string of the molecule is CC(C)CCOc1cccc(C(=O)NC(=S)Nc2cc(Cl)ccc2Cl)c1. The van der Waals surface area contributed by atoms with Gasteiger partial charge in [-0.1, -0.05) is 43.1 Å². The van der Waals surface area contributed by atoms with Gasteiger partial charge in [0.1, 0.15) is 5.75 Å². The lowest BCUT2D eigenvalue weighted by molar-refractivity contribution is 0.0977. The van der Waals surface area contributed by atoms with Crippen LogP contribution in [0.2, 0.25) is 10.0 Å². The second-order valence-corrected chi connectivity index (χ2v) is 7.34. The van der Waals surface area contributed by atoms with Crippen molar-refractivity contribution in [2.24, 2.45) is 5.92 Å². The molecular formula is C19H20Cl2N2O2S. The van der Waals surface area contributed by atoms with Crippen LogP contribution in [0.25, 0.3) is 0 Å². The largest absolute Gasteiger partial charge is 0.494 e. The van der Waals surface area contributed by atoms with E-state index in [1.165, 1.54) is 0 Å². The van der Waals surface area contributed by atoms with Gasteiger partial charge in [0.15, 0.2) is 5.11 Å². The van der Waals surface area contributed by atoms with Crippen molar-refractivity contribution < 1.29 is 9.53 Å². The van der Waals surface area contributed by atoms with Gasteiger partial charge < -0.3 is 10.1 Å². The van der Waals surface area contributed by atoms with Crippen molar-refractivity contribution >= 4 is 52.1 Å². The van der Waals surface area contributed by atoms with Crippen LogP contribution in [0.4, 0.5) is 5.69 Å². The molecule has 0 aliphatic carbocycles. The number of carbonyl (C=O) groups is 1. The van der Waals surface area contributed by atoms with Crippen molar-refractivity contribution in [3.63, 3.8) is 0 Å². The van der Waals surface area contributed by atoms with Crippen molar-refractivity contribution in [1.82, 2.24) is 5.32 Å². The number of amides is 1. The van der Waals surface area contributed by atoms with Gasteiger partial charge in [-0.2, -0.15) is 0 Å². The van der Waals surface area contributed by atoms with Crippen LogP contribution < -0.4 is 15.4 Å². The van der Waals surface area contributed by atoms with Crippen molar-refractivity contribution in [2.75, 3.05) is 11.9 Å². The number of anilines is 1. The fraction of sp³-hybridized carbons (Fsp3) is 0.263. The first-order chi connectivity index (χ1) is 12.3. The maximum atomic E-state index is 12.4. The Bertz CT molecular complexity index is 797. The molecule has 138 valence electrons. The van der Waals surface area contributed by atoms with Gasteiger partial charge in [-0.15, -0.1) is 0 Å². The minimum Gasteiger partial charge on any atom is -0.494 e. The highest BCUT2D eigenvalue weighted by Crippen LogP contribution is 2.25. The van der Waals surface area contributed by atoms with E-state index in [0.29, 0.717) is 39.6 Å². The molecule has 0 saturated carbocycles. The summed E-state index contributed by atoms with van der Waals surface area (Å²) >= 11 is 17.2. The number of ether oxygens (including phenoxy) is 1. The van der Waals surface area contributed by atoms with Crippen molar-refractivity contribution in [3.8, 4) is 5.75 Å². The average Bonchev–Trinajstić information content (AvgIpc) is 2.58. The quantitative estimate of drug-likeness (QED) is 0.613. The van der Waals surface area contributed by atoms with Crippen molar-refractivity contribution in [1.29, 1.82) is 0 Å². The fourth-order valence-corrected chi connectivity index (χ4v) is 2.60. The summed E-state index contributed by atoms with van der Waals surface area (Å²) in [6, 6.07) is 11.9. The van der Waals surface area contributed by atoms with Gasteiger partial charge >= 0.3 is 0 Å². The van der Waals surface area contributed by atoms with Gasteiger partial charge in [0.2, 0.25) is 0 Å². The average molecular weight is 411 g/mol. The third-order valence-corrected chi connectivity index (χ3v) is 4.23. The van der Waals surface area contributed by atoms with E-state index >= 15 is 0 Å². The molecule has 0 bridgehead atoms. The van der Waals surface area contributed by atoms with Gasteiger partial charge in [0, 0.05) is 10.6 Å². The summed E-state index contributed by atoms with van der Waals surface area (Å²) < 4.78 is 5.68. The molecule has 0 spiro atoms. The predicted octanol–water partition coefficient (Wildman–Crippen LogP) is 5.55. The van der Waals surface area contributed by atoms with E-state index in [1.807, 2.05) is 6.07 Å². The molecule has 0 fully saturated rings. The summed E-state index contributed by atoms with van der Waals surface area (Å²) in [4.78, 5) is 12.4. The Morgan fingerprint density at radius 1 is 1.19 bits per heavy atom. The molecule has 0 aliphatic heterocycles. The van der Waals surface area contributed by atoms with Crippen molar-refractivity contribution in [3.05, 3.63) is 58.1 Å². The summed E-state index contributed by atoms with van der Waals surface area (Å²) in [5, 5.41) is 6.57. The second-order valence-electron chi connectivity index (χ2n) is 6.09. The van der Waals surface area contributed by atoms with Crippen LogP contribution in [-0.2, 0) is 0 Å². The minimum atomic E-state index is -0.338. The molecule has 4 nitrogen and oxygen atoms in total. The lowest BCUT2D eigenvalue weighted by Gasteiger charge is -2.12. The molecule has 0 radical (unpaired) electrons. The molecule has 0 saturated heterocycles. The highest BCUT2D eigenvalue weighted by Gasteiger charge is 2.10. The Labute approximate surface area is 168 Å². The van der Waals surface area contributed by atoms with Gasteiger partial charge in [0.05, 0.1) is 17.3 Å². The monoisotopic (exact) mass is 410 g/mol. The van der Waals surface area contributed by atoms with E-state index < -0.39 is 0 Å². The Balaban J connectivity index is 1.96. The zero-order chi connectivity index (χ0) is 19.1. The Morgan fingerprint density at radius 3 is 2.69 bits per heavy atom. The van der Waals surface area contributed by atoms with Gasteiger partial charge in [0.25, 0.3) is 5.91 Å². The third kappa shape index (κ3) is 6.48. The van der Waals surface area contributed by atoms with E-state index in [9.17, 15) is 4.79 Å². The maximum absolute atomic E-state index is 12.4. The van der Waals surface area contributed by atoms with E-state index in [1.54, 1.807) is 36.4 Å². The number of carbonyl (C=O) groups excluding carboxylic acids is 1. The molecule has 1 amide bonds. The summed E-state index contributed by atoms with van der Waals surface area (Å²) in [7, 11) is 0. The van der Waals surface area contributed by atoms with Gasteiger partial charge in [-0.05, 0) is 61.0 Å². The first kappa shape index (κ1) is 20.5. The molecule has 2 rings (SSSR count). The molecule has 0 aliphatic rings. The summed E-state index contributed by atoms with van der Waals surface area (Å²) in [6.45, 7) is 4.87. The number of hydrogen-bond acceptors (Lipinski definition) is 3. The normalized spacial score (nSPS) is 10.5. The van der Waals surface area contributed by atoms with Crippen LogP contribution in [0, 0.1) is 5.92 Å². The van der Waals surface area contributed by atoms with E-state index in [-0.39, 0.29) is 11.0 Å². The summed E-state index contributed by atoms with van der Waals surface area (Å²) in [6.07, 6.45) is 0.949.